The summed E-state index contributed by atoms with van der Waals surface area (Å²) in [5.74, 6) is -5.08. The number of hydrogen-bond donors (Lipinski definition) is 3. The topological polar surface area (TPSA) is 93.2 Å². The van der Waals surface area contributed by atoms with E-state index in [-0.39, 0.29) is 43.5 Å². The van der Waals surface area contributed by atoms with Gasteiger partial charge in [0.05, 0.1) is 16.3 Å². The zero-order chi connectivity index (χ0) is 26.5. The lowest BCUT2D eigenvalue weighted by Gasteiger charge is -2.29. The Balaban J connectivity index is 0.000000202. The summed E-state index contributed by atoms with van der Waals surface area (Å²) in [4.78, 5) is 10.5. The number of nitrogens with one attached hydrogen (secondary N) is 2. The molecule has 0 aromatic heterocycles. The summed E-state index contributed by atoms with van der Waals surface area (Å²) in [6.45, 7) is 0. The zero-order valence-corrected chi connectivity index (χ0v) is 22.6. The maximum absolute atomic E-state index is 13.0. The van der Waals surface area contributed by atoms with Gasteiger partial charge in [0.15, 0.2) is 0 Å². The van der Waals surface area contributed by atoms with Crippen LogP contribution in [0.5, 0.6) is 0 Å². The van der Waals surface area contributed by atoms with Crippen molar-refractivity contribution in [2.75, 3.05) is 16.4 Å². The lowest BCUT2D eigenvalue weighted by molar-refractivity contribution is -0.384. The second-order valence-electron chi connectivity index (χ2n) is 9.20. The number of hydrogen-bond acceptors (Lipinski definition) is 5. The molecule has 0 spiro atoms. The van der Waals surface area contributed by atoms with Gasteiger partial charge in [0.25, 0.3) is 5.69 Å². The van der Waals surface area contributed by atoms with Crippen molar-refractivity contribution in [1.29, 1.82) is 0 Å². The summed E-state index contributed by atoms with van der Waals surface area (Å²) >= 11 is 6.50. The SMILES string of the molecule is Nc1cc(Br)ccc1NC1CCC(F)(F)CC1.O=[N+]([O-])c1cc(Br)ccc1NC1CCC(F)(F)CC1. The van der Waals surface area contributed by atoms with Gasteiger partial charge in [-0.25, -0.2) is 17.6 Å². The molecule has 0 aliphatic heterocycles. The fraction of sp³-hybridized carbons (Fsp3) is 0.500. The summed E-state index contributed by atoms with van der Waals surface area (Å²) in [7, 11) is 0. The molecule has 0 radical (unpaired) electrons. The molecule has 2 saturated carbocycles. The molecule has 0 atom stereocenters. The van der Waals surface area contributed by atoms with Gasteiger partial charge in [0.1, 0.15) is 5.69 Å². The molecule has 4 N–H and O–H groups in total. The van der Waals surface area contributed by atoms with Gasteiger partial charge in [-0.1, -0.05) is 31.9 Å². The van der Waals surface area contributed by atoms with Crippen LogP contribution in [0.15, 0.2) is 45.3 Å². The van der Waals surface area contributed by atoms with E-state index in [1.54, 1.807) is 18.2 Å². The van der Waals surface area contributed by atoms with Crippen molar-refractivity contribution in [2.24, 2.45) is 0 Å². The van der Waals surface area contributed by atoms with E-state index in [0.29, 0.717) is 41.5 Å². The van der Waals surface area contributed by atoms with Crippen molar-refractivity contribution in [3.05, 3.63) is 55.5 Å². The van der Waals surface area contributed by atoms with E-state index >= 15 is 0 Å². The highest BCUT2D eigenvalue weighted by atomic mass is 79.9. The Kier molecular flexibility index (Phi) is 9.48. The standard InChI is InChI=1S/C12H13BrF2N2O2.C12H15BrF2N2/c13-8-1-2-10(11(7-8)17(18)19)16-9-3-5-12(14,15)6-4-9;13-8-1-2-11(10(16)7-8)17-9-3-5-12(14,15)6-4-9/h1-2,7,9,16H,3-6H2;1-2,7,9,17H,3-6,16H2. The van der Waals surface area contributed by atoms with E-state index in [9.17, 15) is 27.7 Å². The van der Waals surface area contributed by atoms with Crippen LogP contribution in [0.3, 0.4) is 0 Å². The van der Waals surface area contributed by atoms with Crippen LogP contribution in [-0.4, -0.2) is 28.9 Å². The minimum atomic E-state index is -2.59. The zero-order valence-electron chi connectivity index (χ0n) is 19.4. The van der Waals surface area contributed by atoms with Crippen LogP contribution in [0.25, 0.3) is 0 Å². The van der Waals surface area contributed by atoms with Crippen LogP contribution in [0.1, 0.15) is 51.4 Å². The first-order valence-corrected chi connectivity index (χ1v) is 13.2. The quantitative estimate of drug-likeness (QED) is 0.132. The Morgan fingerprint density at radius 1 is 0.806 bits per heavy atom. The summed E-state index contributed by atoms with van der Waals surface area (Å²) in [6.07, 6.45) is 1.19. The van der Waals surface area contributed by atoms with Gasteiger partial charge >= 0.3 is 0 Å². The smallest absolute Gasteiger partial charge is 0.293 e. The highest BCUT2D eigenvalue weighted by Crippen LogP contribution is 2.37. The van der Waals surface area contributed by atoms with Crippen LogP contribution in [0.2, 0.25) is 0 Å². The molecular weight excluding hydrogens is 612 g/mol. The van der Waals surface area contributed by atoms with E-state index in [0.717, 1.165) is 10.2 Å². The average molecular weight is 640 g/mol. The van der Waals surface area contributed by atoms with Crippen molar-refractivity contribution < 1.29 is 22.5 Å². The van der Waals surface area contributed by atoms with Gasteiger partial charge in [-0.3, -0.25) is 10.1 Å². The third-order valence-electron chi connectivity index (χ3n) is 6.32. The lowest BCUT2D eigenvalue weighted by atomic mass is 9.92. The number of benzene rings is 2. The van der Waals surface area contributed by atoms with E-state index in [1.165, 1.54) is 6.07 Å². The first-order valence-electron chi connectivity index (χ1n) is 11.6. The maximum atomic E-state index is 13.0. The summed E-state index contributed by atoms with van der Waals surface area (Å²) in [5, 5.41) is 17.2. The van der Waals surface area contributed by atoms with Gasteiger partial charge in [0, 0.05) is 52.8 Å². The molecule has 0 saturated heterocycles. The fourth-order valence-electron chi connectivity index (χ4n) is 4.25. The number of alkyl halides is 4. The van der Waals surface area contributed by atoms with Gasteiger partial charge < -0.3 is 16.4 Å². The maximum Gasteiger partial charge on any atom is 0.293 e. The van der Waals surface area contributed by atoms with Crippen LogP contribution in [0.4, 0.5) is 40.3 Å². The van der Waals surface area contributed by atoms with Gasteiger partial charge in [-0.15, -0.1) is 0 Å². The highest BCUT2D eigenvalue weighted by Gasteiger charge is 2.36. The molecule has 2 aliphatic rings. The second-order valence-corrected chi connectivity index (χ2v) is 11.0. The Morgan fingerprint density at radius 3 is 1.67 bits per heavy atom. The van der Waals surface area contributed by atoms with Crippen LogP contribution < -0.4 is 16.4 Å². The van der Waals surface area contributed by atoms with E-state index in [2.05, 4.69) is 42.5 Å². The minimum absolute atomic E-state index is 0.0406. The minimum Gasteiger partial charge on any atom is -0.397 e. The van der Waals surface area contributed by atoms with Crippen molar-refractivity contribution in [3.8, 4) is 0 Å². The lowest BCUT2D eigenvalue weighted by Crippen LogP contribution is -2.32. The molecule has 36 heavy (non-hydrogen) atoms. The number of nitro benzene ring substituents is 1. The van der Waals surface area contributed by atoms with E-state index < -0.39 is 16.8 Å². The van der Waals surface area contributed by atoms with E-state index in [1.807, 2.05) is 12.1 Å². The van der Waals surface area contributed by atoms with Crippen molar-refractivity contribution >= 4 is 54.6 Å². The molecule has 198 valence electrons. The fourth-order valence-corrected chi connectivity index (χ4v) is 4.98. The summed E-state index contributed by atoms with van der Waals surface area (Å²) in [5.41, 5.74) is 7.64. The van der Waals surface area contributed by atoms with Crippen LogP contribution in [-0.2, 0) is 0 Å². The molecule has 12 heteroatoms. The van der Waals surface area contributed by atoms with Crippen LogP contribution >= 0.6 is 31.9 Å². The Hall–Kier alpha value is -2.08. The predicted octanol–water partition coefficient (Wildman–Crippen LogP) is 8.37. The predicted molar refractivity (Wildman–Crippen MR) is 141 cm³/mol. The number of nitrogen functional groups attached to an aromatic ring is 1. The molecular formula is C24H28Br2F4N4O2. The molecule has 4 rings (SSSR count). The van der Waals surface area contributed by atoms with Crippen molar-refractivity contribution in [3.63, 3.8) is 0 Å². The monoisotopic (exact) mass is 638 g/mol. The normalized spacial score (nSPS) is 19.6. The summed E-state index contributed by atoms with van der Waals surface area (Å²) < 4.78 is 53.6. The molecule has 2 aliphatic carbocycles. The van der Waals surface area contributed by atoms with Crippen molar-refractivity contribution in [1.82, 2.24) is 0 Å². The first-order chi connectivity index (χ1) is 16.8. The van der Waals surface area contributed by atoms with Crippen molar-refractivity contribution in [2.45, 2.75) is 75.3 Å². The first kappa shape index (κ1) is 28.5. The third kappa shape index (κ3) is 8.50. The Labute approximate surface area is 223 Å². The Bertz CT molecular complexity index is 1050. The van der Waals surface area contributed by atoms with E-state index in [4.69, 9.17) is 5.73 Å². The Morgan fingerprint density at radius 2 is 1.22 bits per heavy atom. The molecule has 0 amide bonds. The number of nitrogens with zero attached hydrogens (tertiary/aromatic N) is 1. The van der Waals surface area contributed by atoms with Gasteiger partial charge in [0.2, 0.25) is 11.8 Å². The molecule has 0 unspecified atom stereocenters. The molecule has 2 aromatic rings. The average Bonchev–Trinajstić information content (AvgIpc) is 2.80. The molecule has 0 heterocycles. The number of nitrogens with two attached hydrogens (primary N) is 1. The molecule has 2 fully saturated rings. The molecule has 2 aromatic carbocycles. The number of nitro groups is 1. The second kappa shape index (κ2) is 12.0. The van der Waals surface area contributed by atoms with Crippen LogP contribution in [0, 0.1) is 10.1 Å². The van der Waals surface area contributed by atoms with Gasteiger partial charge in [-0.05, 0) is 56.0 Å². The number of halogens is 6. The number of anilines is 3. The molecule has 0 bridgehead atoms. The largest absolute Gasteiger partial charge is 0.397 e. The number of rotatable bonds is 5. The molecule has 6 nitrogen and oxygen atoms in total. The highest BCUT2D eigenvalue weighted by molar-refractivity contribution is 9.10. The third-order valence-corrected chi connectivity index (χ3v) is 7.31. The summed E-state index contributed by atoms with van der Waals surface area (Å²) in [6, 6.07) is 10.2. The van der Waals surface area contributed by atoms with Gasteiger partial charge in [-0.2, -0.15) is 0 Å².